The summed E-state index contributed by atoms with van der Waals surface area (Å²) in [5, 5.41) is 2.63. The molecule has 130 valence electrons. The van der Waals surface area contributed by atoms with Gasteiger partial charge in [0.25, 0.3) is 6.71 Å². The Bertz CT molecular complexity index is 1460. The molecule has 0 fully saturated rings. The van der Waals surface area contributed by atoms with Crippen LogP contribution in [0, 0.1) is 6.92 Å². The van der Waals surface area contributed by atoms with Gasteiger partial charge in [-0.15, -0.1) is 0 Å². The van der Waals surface area contributed by atoms with E-state index in [1.54, 1.807) is 0 Å². The van der Waals surface area contributed by atoms with Gasteiger partial charge in [-0.1, -0.05) is 60.2 Å². The highest BCUT2D eigenvalue weighted by atomic mass is 16.5. The molecule has 0 aliphatic carbocycles. The molecule has 4 aromatic carbocycles. The SMILES string of the molecule is Cc1cccc2c1B1c3c(cccc3-n3c4ccccc4c4cccc1c43)O2. The lowest BCUT2D eigenvalue weighted by atomic mass is 9.34. The maximum absolute atomic E-state index is 6.39. The van der Waals surface area contributed by atoms with E-state index in [0.717, 1.165) is 11.5 Å². The molecule has 3 heterocycles. The Morgan fingerprint density at radius 1 is 0.714 bits per heavy atom. The molecule has 0 saturated heterocycles. The Morgan fingerprint density at radius 2 is 1.46 bits per heavy atom. The highest BCUT2D eigenvalue weighted by Crippen LogP contribution is 2.37. The van der Waals surface area contributed by atoms with Crippen molar-refractivity contribution in [3.8, 4) is 17.2 Å². The van der Waals surface area contributed by atoms with Crippen LogP contribution in [0.15, 0.2) is 78.9 Å². The molecule has 0 bridgehead atoms. The van der Waals surface area contributed by atoms with Crippen LogP contribution in [-0.4, -0.2) is 11.3 Å². The number of nitrogens with zero attached hydrogens (tertiary/aromatic N) is 1. The highest BCUT2D eigenvalue weighted by Gasteiger charge is 2.40. The van der Waals surface area contributed by atoms with Crippen LogP contribution in [0.1, 0.15) is 5.56 Å². The van der Waals surface area contributed by atoms with Gasteiger partial charge in [0.05, 0.1) is 5.52 Å². The van der Waals surface area contributed by atoms with Gasteiger partial charge in [0.15, 0.2) is 0 Å². The Morgan fingerprint density at radius 3 is 2.39 bits per heavy atom. The van der Waals surface area contributed by atoms with E-state index in [2.05, 4.69) is 90.4 Å². The third-order valence-corrected chi connectivity index (χ3v) is 6.40. The number of para-hydroxylation sites is 2. The molecule has 0 saturated carbocycles. The van der Waals surface area contributed by atoms with Crippen LogP contribution in [-0.2, 0) is 0 Å². The molecule has 7 rings (SSSR count). The zero-order valence-corrected chi connectivity index (χ0v) is 15.4. The Labute approximate surface area is 163 Å². The fraction of sp³-hybridized carbons (Fsp3) is 0.0400. The van der Waals surface area contributed by atoms with E-state index in [1.165, 1.54) is 49.4 Å². The number of benzene rings is 4. The molecule has 0 unspecified atom stereocenters. The van der Waals surface area contributed by atoms with Crippen LogP contribution in [0.2, 0.25) is 0 Å². The van der Waals surface area contributed by atoms with E-state index >= 15 is 0 Å². The quantitative estimate of drug-likeness (QED) is 0.374. The maximum atomic E-state index is 6.39. The van der Waals surface area contributed by atoms with Gasteiger partial charge in [-0.25, -0.2) is 0 Å². The van der Waals surface area contributed by atoms with Crippen LogP contribution in [0.4, 0.5) is 0 Å². The third kappa shape index (κ3) is 1.57. The zero-order chi connectivity index (χ0) is 18.4. The molecule has 3 heteroatoms. The normalized spacial score (nSPS) is 13.4. The number of aromatic nitrogens is 1. The van der Waals surface area contributed by atoms with Gasteiger partial charge in [-0.3, -0.25) is 0 Å². The lowest BCUT2D eigenvalue weighted by Gasteiger charge is -2.33. The van der Waals surface area contributed by atoms with E-state index in [0.29, 0.717) is 0 Å². The minimum absolute atomic E-state index is 0.205. The molecule has 2 nitrogen and oxygen atoms in total. The standard InChI is InChI=1S/C25H16BNO/c1-15-7-4-13-21-23(15)26-18-10-5-9-17-16-8-2-3-11-19(16)27(25(17)18)20-12-6-14-22(28-21)24(20)26/h2-14H,1H3. The molecule has 0 spiro atoms. The highest BCUT2D eigenvalue weighted by molar-refractivity contribution is 6.99. The van der Waals surface area contributed by atoms with Gasteiger partial charge in [0.1, 0.15) is 11.5 Å². The van der Waals surface area contributed by atoms with Gasteiger partial charge in [-0.05, 0) is 47.6 Å². The second-order valence-corrected chi connectivity index (χ2v) is 7.81. The summed E-state index contributed by atoms with van der Waals surface area (Å²) in [6, 6.07) is 28.3. The summed E-state index contributed by atoms with van der Waals surface area (Å²) in [6.07, 6.45) is 0. The largest absolute Gasteiger partial charge is 0.458 e. The predicted molar refractivity (Wildman–Crippen MR) is 117 cm³/mol. The average molecular weight is 357 g/mol. The summed E-state index contributed by atoms with van der Waals surface area (Å²) in [5.41, 5.74) is 9.05. The molecule has 2 aliphatic heterocycles. The fourth-order valence-corrected chi connectivity index (χ4v) is 5.32. The van der Waals surface area contributed by atoms with E-state index in [-0.39, 0.29) is 6.71 Å². The smallest absolute Gasteiger partial charge is 0.256 e. The van der Waals surface area contributed by atoms with Crippen molar-refractivity contribution in [1.29, 1.82) is 0 Å². The molecule has 2 aliphatic rings. The molecule has 1 aromatic heterocycles. The molecular formula is C25H16BNO. The summed E-state index contributed by atoms with van der Waals surface area (Å²) < 4.78 is 8.82. The van der Waals surface area contributed by atoms with Crippen molar-refractivity contribution in [1.82, 2.24) is 4.57 Å². The summed E-state index contributed by atoms with van der Waals surface area (Å²) in [6.45, 7) is 2.40. The first-order chi connectivity index (χ1) is 13.8. The summed E-state index contributed by atoms with van der Waals surface area (Å²) >= 11 is 0. The van der Waals surface area contributed by atoms with Gasteiger partial charge < -0.3 is 9.30 Å². The van der Waals surface area contributed by atoms with Gasteiger partial charge in [0.2, 0.25) is 0 Å². The monoisotopic (exact) mass is 357 g/mol. The Hall–Kier alpha value is -3.46. The third-order valence-electron chi connectivity index (χ3n) is 6.40. The van der Waals surface area contributed by atoms with Crippen molar-refractivity contribution in [2.75, 3.05) is 0 Å². The fourth-order valence-electron chi connectivity index (χ4n) is 5.32. The van der Waals surface area contributed by atoms with Crippen LogP contribution in [0.5, 0.6) is 11.5 Å². The van der Waals surface area contributed by atoms with E-state index in [4.69, 9.17) is 4.74 Å². The molecule has 28 heavy (non-hydrogen) atoms. The summed E-state index contributed by atoms with van der Waals surface area (Å²) in [5.74, 6) is 1.96. The van der Waals surface area contributed by atoms with Crippen molar-refractivity contribution in [2.45, 2.75) is 6.92 Å². The number of ether oxygens (including phenoxy) is 1. The number of aryl methyl sites for hydroxylation is 1. The topological polar surface area (TPSA) is 14.2 Å². The van der Waals surface area contributed by atoms with Crippen LogP contribution >= 0.6 is 0 Å². The van der Waals surface area contributed by atoms with E-state index in [9.17, 15) is 0 Å². The number of rotatable bonds is 0. The van der Waals surface area contributed by atoms with Crippen LogP contribution < -0.4 is 21.1 Å². The second-order valence-electron chi connectivity index (χ2n) is 7.81. The molecule has 0 amide bonds. The first-order valence-electron chi connectivity index (χ1n) is 9.75. The Kier molecular flexibility index (Phi) is 2.54. The van der Waals surface area contributed by atoms with Crippen molar-refractivity contribution < 1.29 is 4.74 Å². The lowest BCUT2D eigenvalue weighted by molar-refractivity contribution is 0.487. The molecule has 0 atom stereocenters. The number of hydrogen-bond donors (Lipinski definition) is 0. The van der Waals surface area contributed by atoms with E-state index < -0.39 is 0 Å². The minimum atomic E-state index is 0.205. The van der Waals surface area contributed by atoms with E-state index in [1.807, 2.05) is 0 Å². The predicted octanol–water partition coefficient (Wildman–Crippen LogP) is 4.03. The molecule has 5 aromatic rings. The first kappa shape index (κ1) is 14.6. The average Bonchev–Trinajstić information content (AvgIpc) is 3.07. The molecular weight excluding hydrogens is 341 g/mol. The molecule has 0 radical (unpaired) electrons. The number of fused-ring (bicyclic) bond motifs is 7. The van der Waals surface area contributed by atoms with Crippen molar-refractivity contribution in [3.63, 3.8) is 0 Å². The van der Waals surface area contributed by atoms with Gasteiger partial charge in [-0.2, -0.15) is 0 Å². The first-order valence-corrected chi connectivity index (χ1v) is 9.75. The molecule has 0 N–H and O–H groups in total. The summed E-state index contributed by atoms with van der Waals surface area (Å²) in [4.78, 5) is 0. The lowest BCUT2D eigenvalue weighted by Crippen LogP contribution is -2.59. The second kappa shape index (κ2) is 4.88. The van der Waals surface area contributed by atoms with Crippen molar-refractivity contribution in [3.05, 3.63) is 84.4 Å². The maximum Gasteiger partial charge on any atom is 0.256 e. The van der Waals surface area contributed by atoms with Crippen molar-refractivity contribution in [2.24, 2.45) is 0 Å². The number of hydrogen-bond acceptors (Lipinski definition) is 1. The zero-order valence-electron chi connectivity index (χ0n) is 15.4. The van der Waals surface area contributed by atoms with Crippen molar-refractivity contribution >= 4 is 44.9 Å². The Balaban J connectivity index is 1.76. The van der Waals surface area contributed by atoms with Crippen LogP contribution in [0.25, 0.3) is 27.5 Å². The van der Waals surface area contributed by atoms with Crippen LogP contribution in [0.3, 0.4) is 0 Å². The van der Waals surface area contributed by atoms with Gasteiger partial charge in [0, 0.05) is 22.0 Å². The summed E-state index contributed by atoms with van der Waals surface area (Å²) in [7, 11) is 0. The van der Waals surface area contributed by atoms with Gasteiger partial charge >= 0.3 is 0 Å². The minimum Gasteiger partial charge on any atom is -0.458 e.